The van der Waals surface area contributed by atoms with E-state index >= 15 is 0 Å². The van der Waals surface area contributed by atoms with Crippen molar-refractivity contribution in [2.24, 2.45) is 0 Å². The highest BCUT2D eigenvalue weighted by Gasteiger charge is 2.09. The Morgan fingerprint density at radius 1 is 1.28 bits per heavy atom. The number of nitrogens with zero attached hydrogens (tertiary/aromatic N) is 1. The van der Waals surface area contributed by atoms with E-state index in [1.807, 2.05) is 0 Å². The molecule has 0 aliphatic carbocycles. The molecule has 3 heteroatoms. The Kier molecular flexibility index (Phi) is 5.99. The number of halogens is 1. The van der Waals surface area contributed by atoms with Gasteiger partial charge in [0.05, 0.1) is 0 Å². The normalized spacial score (nSPS) is 11.2. The van der Waals surface area contributed by atoms with E-state index in [1.54, 1.807) is 12.1 Å². The third-order valence-electron chi connectivity index (χ3n) is 3.15. The van der Waals surface area contributed by atoms with Crippen LogP contribution in [0.2, 0.25) is 0 Å². The second-order valence-corrected chi connectivity index (χ2v) is 4.76. The summed E-state index contributed by atoms with van der Waals surface area (Å²) in [5.74, 6) is -0.210. The maximum Gasteiger partial charge on any atom is 0.162 e. The smallest absolute Gasteiger partial charge is 0.162 e. The molecule has 0 unspecified atom stereocenters. The predicted molar refractivity (Wildman–Crippen MR) is 72.3 cm³/mol. The summed E-state index contributed by atoms with van der Waals surface area (Å²) < 4.78 is 12.7. The maximum absolute atomic E-state index is 12.7. The van der Waals surface area contributed by atoms with Crippen molar-refractivity contribution in [1.82, 2.24) is 4.90 Å². The minimum absolute atomic E-state index is 0.0924. The highest BCUT2D eigenvalue weighted by Crippen LogP contribution is 2.08. The van der Waals surface area contributed by atoms with Crippen LogP contribution in [0.1, 0.15) is 44.0 Å². The molecule has 0 atom stereocenters. The van der Waals surface area contributed by atoms with E-state index < -0.39 is 0 Å². The van der Waals surface area contributed by atoms with Gasteiger partial charge in [-0.1, -0.05) is 6.92 Å². The number of hydrogen-bond acceptors (Lipinski definition) is 2. The molecule has 0 radical (unpaired) electrons. The van der Waals surface area contributed by atoms with E-state index in [4.69, 9.17) is 0 Å². The molecule has 0 aliphatic rings. The zero-order chi connectivity index (χ0) is 13.5. The van der Waals surface area contributed by atoms with Gasteiger partial charge in [-0.3, -0.25) is 4.79 Å². The van der Waals surface area contributed by atoms with Gasteiger partial charge in [-0.2, -0.15) is 0 Å². The van der Waals surface area contributed by atoms with Gasteiger partial charge in [-0.25, -0.2) is 4.39 Å². The Hall–Kier alpha value is -1.22. The highest BCUT2D eigenvalue weighted by atomic mass is 19.1. The molecule has 18 heavy (non-hydrogen) atoms. The number of Topliss-reactive ketones (excluding diaryl/α,β-unsaturated/α-hetero) is 1. The molecule has 1 rings (SSSR count). The topological polar surface area (TPSA) is 20.3 Å². The van der Waals surface area contributed by atoms with Gasteiger partial charge in [0.25, 0.3) is 0 Å². The average molecular weight is 251 g/mol. The van der Waals surface area contributed by atoms with Gasteiger partial charge in [0.15, 0.2) is 5.78 Å². The number of hydrogen-bond donors (Lipinski definition) is 0. The second kappa shape index (κ2) is 7.27. The lowest BCUT2D eigenvalue weighted by Gasteiger charge is -2.24. The molecular formula is C15H22FNO. The summed E-state index contributed by atoms with van der Waals surface area (Å²) >= 11 is 0. The number of rotatable bonds is 7. The molecule has 0 fully saturated rings. The van der Waals surface area contributed by atoms with E-state index in [0.717, 1.165) is 19.5 Å². The zero-order valence-electron chi connectivity index (χ0n) is 11.4. The van der Waals surface area contributed by atoms with Crippen molar-refractivity contribution in [2.75, 3.05) is 13.1 Å². The van der Waals surface area contributed by atoms with E-state index in [-0.39, 0.29) is 11.6 Å². The molecule has 1 aromatic carbocycles. The summed E-state index contributed by atoms with van der Waals surface area (Å²) in [7, 11) is 0. The fraction of sp³-hybridized carbons (Fsp3) is 0.533. The summed E-state index contributed by atoms with van der Waals surface area (Å²) in [6.45, 7) is 8.38. The minimum Gasteiger partial charge on any atom is -0.301 e. The van der Waals surface area contributed by atoms with Crippen molar-refractivity contribution in [3.8, 4) is 0 Å². The second-order valence-electron chi connectivity index (χ2n) is 4.76. The Bertz CT molecular complexity index is 373. The first-order valence-electron chi connectivity index (χ1n) is 6.57. The molecule has 0 bridgehead atoms. The SMILES string of the molecule is CCN(CCCC(=O)c1ccc(F)cc1)C(C)C. The molecule has 0 amide bonds. The van der Waals surface area contributed by atoms with Crippen LogP contribution in [0.3, 0.4) is 0 Å². The van der Waals surface area contributed by atoms with Gasteiger partial charge in [-0.15, -0.1) is 0 Å². The quantitative estimate of drug-likeness (QED) is 0.691. The number of carbonyl (C=O) groups is 1. The minimum atomic E-state index is -0.302. The standard InChI is InChI=1S/C15H22FNO/c1-4-17(12(2)3)11-5-6-15(18)13-7-9-14(16)10-8-13/h7-10,12H,4-6,11H2,1-3H3. The summed E-state index contributed by atoms with van der Waals surface area (Å²) in [6, 6.07) is 6.28. The molecule has 0 aliphatic heterocycles. The van der Waals surface area contributed by atoms with Gasteiger partial charge in [0, 0.05) is 18.0 Å². The van der Waals surface area contributed by atoms with Crippen molar-refractivity contribution < 1.29 is 9.18 Å². The molecule has 0 N–H and O–H groups in total. The van der Waals surface area contributed by atoms with Gasteiger partial charge in [0.2, 0.25) is 0 Å². The van der Waals surface area contributed by atoms with Crippen LogP contribution >= 0.6 is 0 Å². The third kappa shape index (κ3) is 4.57. The van der Waals surface area contributed by atoms with Crippen molar-refractivity contribution in [2.45, 2.75) is 39.7 Å². The highest BCUT2D eigenvalue weighted by molar-refractivity contribution is 5.95. The van der Waals surface area contributed by atoms with E-state index in [1.165, 1.54) is 12.1 Å². The summed E-state index contributed by atoms with van der Waals surface area (Å²) in [4.78, 5) is 14.2. The van der Waals surface area contributed by atoms with Crippen LogP contribution < -0.4 is 0 Å². The van der Waals surface area contributed by atoms with Crippen LogP contribution in [0, 0.1) is 5.82 Å². The van der Waals surface area contributed by atoms with Gasteiger partial charge >= 0.3 is 0 Å². The first kappa shape index (κ1) is 14.8. The van der Waals surface area contributed by atoms with Crippen molar-refractivity contribution in [3.63, 3.8) is 0 Å². The van der Waals surface area contributed by atoms with Crippen LogP contribution in [-0.2, 0) is 0 Å². The number of benzene rings is 1. The lowest BCUT2D eigenvalue weighted by Crippen LogP contribution is -2.31. The van der Waals surface area contributed by atoms with Crippen LogP contribution in [0.5, 0.6) is 0 Å². The van der Waals surface area contributed by atoms with E-state index in [9.17, 15) is 9.18 Å². The monoisotopic (exact) mass is 251 g/mol. The molecule has 0 saturated heterocycles. The van der Waals surface area contributed by atoms with Crippen molar-refractivity contribution >= 4 is 5.78 Å². The third-order valence-corrected chi connectivity index (χ3v) is 3.15. The molecule has 2 nitrogen and oxygen atoms in total. The Labute approximate surface area is 109 Å². The fourth-order valence-electron chi connectivity index (χ4n) is 2.00. The van der Waals surface area contributed by atoms with Crippen molar-refractivity contribution in [1.29, 1.82) is 0 Å². The molecule has 100 valence electrons. The molecule has 1 aromatic rings. The summed E-state index contributed by atoms with van der Waals surface area (Å²) in [6.07, 6.45) is 1.37. The van der Waals surface area contributed by atoms with E-state index in [0.29, 0.717) is 18.0 Å². The Morgan fingerprint density at radius 2 is 1.89 bits per heavy atom. The molecule has 0 spiro atoms. The predicted octanol–water partition coefficient (Wildman–Crippen LogP) is 3.52. The summed E-state index contributed by atoms with van der Waals surface area (Å²) in [5.41, 5.74) is 0.601. The lowest BCUT2D eigenvalue weighted by atomic mass is 10.1. The van der Waals surface area contributed by atoms with Gasteiger partial charge in [-0.05, 0) is 57.6 Å². The van der Waals surface area contributed by atoms with Gasteiger partial charge in [0.1, 0.15) is 5.82 Å². The first-order chi connectivity index (χ1) is 8.54. The first-order valence-corrected chi connectivity index (χ1v) is 6.57. The van der Waals surface area contributed by atoms with Crippen molar-refractivity contribution in [3.05, 3.63) is 35.6 Å². The number of ketones is 1. The van der Waals surface area contributed by atoms with E-state index in [2.05, 4.69) is 25.7 Å². The summed E-state index contributed by atoms with van der Waals surface area (Å²) in [5, 5.41) is 0. The molecule has 0 aromatic heterocycles. The lowest BCUT2D eigenvalue weighted by molar-refractivity contribution is 0.0972. The Balaban J connectivity index is 2.39. The molecule has 0 saturated carbocycles. The van der Waals surface area contributed by atoms with Crippen LogP contribution in [0.4, 0.5) is 4.39 Å². The zero-order valence-corrected chi connectivity index (χ0v) is 11.4. The van der Waals surface area contributed by atoms with Crippen LogP contribution in [-0.4, -0.2) is 29.8 Å². The molecule has 0 heterocycles. The largest absolute Gasteiger partial charge is 0.301 e. The van der Waals surface area contributed by atoms with Crippen LogP contribution in [0.15, 0.2) is 24.3 Å². The maximum atomic E-state index is 12.7. The molecular weight excluding hydrogens is 229 g/mol. The van der Waals surface area contributed by atoms with Gasteiger partial charge < -0.3 is 4.90 Å². The number of carbonyl (C=O) groups excluding carboxylic acids is 1. The van der Waals surface area contributed by atoms with Crippen LogP contribution in [0.25, 0.3) is 0 Å². The average Bonchev–Trinajstić information content (AvgIpc) is 2.34. The Morgan fingerprint density at radius 3 is 2.39 bits per heavy atom. The fourth-order valence-corrected chi connectivity index (χ4v) is 2.00.